The van der Waals surface area contributed by atoms with Gasteiger partial charge in [-0.3, -0.25) is 9.10 Å². The molecule has 1 atom stereocenters. The Morgan fingerprint density at radius 1 is 1.03 bits per heavy atom. The lowest BCUT2D eigenvalue weighted by Crippen LogP contribution is -2.42. The predicted octanol–water partition coefficient (Wildman–Crippen LogP) is 3.69. The van der Waals surface area contributed by atoms with Crippen LogP contribution in [0.3, 0.4) is 0 Å². The Hall–Kier alpha value is -2.87. The molecule has 8 heteroatoms. The molecule has 0 heterocycles. The molecule has 0 saturated heterocycles. The van der Waals surface area contributed by atoms with Crippen LogP contribution in [0, 0.1) is 6.92 Å². The number of hydrogen-bond acceptors (Lipinski definition) is 4. The third kappa shape index (κ3) is 5.85. The van der Waals surface area contributed by atoms with Gasteiger partial charge < -0.3 is 10.4 Å². The summed E-state index contributed by atoms with van der Waals surface area (Å²) >= 11 is 6.06. The maximum atomic E-state index is 13.3. The van der Waals surface area contributed by atoms with E-state index >= 15 is 0 Å². The second-order valence-electron chi connectivity index (χ2n) is 7.04. The van der Waals surface area contributed by atoms with Gasteiger partial charge in [0, 0.05) is 11.6 Å². The van der Waals surface area contributed by atoms with Crippen molar-refractivity contribution in [3.05, 3.63) is 95.0 Å². The molecule has 0 spiro atoms. The molecule has 0 unspecified atom stereocenters. The topological polar surface area (TPSA) is 86.7 Å². The Morgan fingerprint density at radius 3 is 2.35 bits per heavy atom. The van der Waals surface area contributed by atoms with Crippen molar-refractivity contribution in [2.75, 3.05) is 17.4 Å². The molecule has 31 heavy (non-hydrogen) atoms. The van der Waals surface area contributed by atoms with Gasteiger partial charge in [-0.1, -0.05) is 65.7 Å². The van der Waals surface area contributed by atoms with Crippen molar-refractivity contribution < 1.29 is 18.3 Å². The number of aliphatic hydroxyl groups is 1. The van der Waals surface area contributed by atoms with Crippen molar-refractivity contribution in [1.29, 1.82) is 0 Å². The Balaban J connectivity index is 1.81. The number of aryl methyl sites for hydroxylation is 1. The first-order valence-corrected chi connectivity index (χ1v) is 11.4. The summed E-state index contributed by atoms with van der Waals surface area (Å²) in [6, 6.07) is 21.6. The molecule has 0 aliphatic rings. The lowest BCUT2D eigenvalue weighted by molar-refractivity contribution is -0.120. The van der Waals surface area contributed by atoms with Crippen molar-refractivity contribution in [2.45, 2.75) is 17.9 Å². The van der Waals surface area contributed by atoms with Gasteiger partial charge in [0.1, 0.15) is 6.54 Å². The number of nitrogens with one attached hydrogen (secondary N) is 1. The van der Waals surface area contributed by atoms with E-state index < -0.39 is 28.6 Å². The average Bonchev–Trinajstić information content (AvgIpc) is 2.76. The quantitative estimate of drug-likeness (QED) is 0.539. The number of halogens is 1. The number of rotatable bonds is 8. The molecule has 0 saturated carbocycles. The van der Waals surface area contributed by atoms with Crippen LogP contribution in [0.25, 0.3) is 0 Å². The summed E-state index contributed by atoms with van der Waals surface area (Å²) < 4.78 is 27.6. The molecule has 0 aromatic heterocycles. The summed E-state index contributed by atoms with van der Waals surface area (Å²) in [7, 11) is -4.02. The molecule has 0 aliphatic carbocycles. The molecule has 0 radical (unpaired) electrons. The molecule has 162 valence electrons. The fourth-order valence-corrected chi connectivity index (χ4v) is 4.57. The summed E-state index contributed by atoms with van der Waals surface area (Å²) in [5.74, 6) is -0.550. The van der Waals surface area contributed by atoms with E-state index in [1.54, 1.807) is 54.6 Å². The van der Waals surface area contributed by atoms with Crippen LogP contribution >= 0.6 is 11.6 Å². The number of anilines is 1. The Kier molecular flexibility index (Phi) is 7.33. The fourth-order valence-electron chi connectivity index (χ4n) is 2.97. The second-order valence-corrected chi connectivity index (χ2v) is 9.33. The molecule has 0 fully saturated rings. The number of sulfonamides is 1. The number of hydrogen-bond donors (Lipinski definition) is 2. The van der Waals surface area contributed by atoms with Gasteiger partial charge in [-0.15, -0.1) is 0 Å². The van der Waals surface area contributed by atoms with Crippen molar-refractivity contribution in [1.82, 2.24) is 5.32 Å². The highest BCUT2D eigenvalue weighted by atomic mass is 35.5. The molecule has 2 N–H and O–H groups in total. The highest BCUT2D eigenvalue weighted by Crippen LogP contribution is 2.26. The van der Waals surface area contributed by atoms with E-state index in [1.165, 1.54) is 18.2 Å². The minimum Gasteiger partial charge on any atom is -0.387 e. The Morgan fingerprint density at radius 2 is 1.71 bits per heavy atom. The van der Waals surface area contributed by atoms with Crippen LogP contribution in [-0.4, -0.2) is 32.5 Å². The monoisotopic (exact) mass is 458 g/mol. The van der Waals surface area contributed by atoms with E-state index in [0.29, 0.717) is 10.6 Å². The van der Waals surface area contributed by atoms with E-state index in [2.05, 4.69) is 5.32 Å². The van der Waals surface area contributed by atoms with E-state index in [-0.39, 0.29) is 17.1 Å². The number of benzene rings is 3. The Labute approximate surface area is 187 Å². The normalized spacial score (nSPS) is 12.2. The number of aliphatic hydroxyl groups excluding tert-OH is 1. The zero-order valence-corrected chi connectivity index (χ0v) is 18.5. The summed E-state index contributed by atoms with van der Waals surface area (Å²) in [5.41, 5.74) is 1.84. The molecule has 3 aromatic carbocycles. The molecule has 3 rings (SSSR count). The van der Waals surface area contributed by atoms with Crippen molar-refractivity contribution >= 4 is 33.2 Å². The average molecular weight is 459 g/mol. The highest BCUT2D eigenvalue weighted by molar-refractivity contribution is 7.92. The van der Waals surface area contributed by atoms with Crippen LogP contribution in [0.4, 0.5) is 5.69 Å². The molecular weight excluding hydrogens is 436 g/mol. The maximum absolute atomic E-state index is 13.3. The van der Waals surface area contributed by atoms with Gasteiger partial charge in [0.2, 0.25) is 5.91 Å². The van der Waals surface area contributed by atoms with Crippen LogP contribution < -0.4 is 9.62 Å². The summed E-state index contributed by atoms with van der Waals surface area (Å²) in [6.07, 6.45) is -0.904. The highest BCUT2D eigenvalue weighted by Gasteiger charge is 2.27. The smallest absolute Gasteiger partial charge is 0.264 e. The molecule has 3 aromatic rings. The van der Waals surface area contributed by atoms with Crippen molar-refractivity contribution in [2.24, 2.45) is 0 Å². The Bertz CT molecular complexity index is 1140. The first-order valence-electron chi connectivity index (χ1n) is 9.62. The number of nitrogens with zero attached hydrogens (tertiary/aromatic N) is 1. The number of carbonyl (C=O) groups is 1. The van der Waals surface area contributed by atoms with Gasteiger partial charge in [0.05, 0.1) is 16.7 Å². The minimum absolute atomic E-state index is 0.0448. The van der Waals surface area contributed by atoms with Gasteiger partial charge in [-0.25, -0.2) is 8.42 Å². The van der Waals surface area contributed by atoms with Crippen LogP contribution in [0.2, 0.25) is 5.02 Å². The van der Waals surface area contributed by atoms with Gasteiger partial charge >= 0.3 is 0 Å². The summed E-state index contributed by atoms with van der Waals surface area (Å²) in [6.45, 7) is 1.35. The van der Waals surface area contributed by atoms with E-state index in [1.807, 2.05) is 13.0 Å². The van der Waals surface area contributed by atoms with Crippen LogP contribution in [0.5, 0.6) is 0 Å². The summed E-state index contributed by atoms with van der Waals surface area (Å²) in [5, 5.41) is 13.2. The fraction of sp³-hybridized carbons (Fsp3) is 0.174. The third-order valence-electron chi connectivity index (χ3n) is 4.67. The van der Waals surface area contributed by atoms with Crippen LogP contribution in [0.15, 0.2) is 83.8 Å². The van der Waals surface area contributed by atoms with Gasteiger partial charge in [-0.05, 0) is 42.8 Å². The maximum Gasteiger partial charge on any atom is 0.264 e. The lowest BCUT2D eigenvalue weighted by Gasteiger charge is -2.24. The minimum atomic E-state index is -4.02. The first kappa shape index (κ1) is 22.8. The van der Waals surface area contributed by atoms with Gasteiger partial charge in [0.25, 0.3) is 10.0 Å². The number of amides is 1. The molecule has 0 aliphatic heterocycles. The standard InChI is InChI=1S/C23H23ClN2O4S/c1-17-10-12-21(13-11-17)31(29,30)26(20-9-5-8-19(24)14-20)16-23(28)25-15-22(27)18-6-3-2-4-7-18/h2-14,22,27H,15-16H2,1H3,(H,25,28)/t22-/m0/s1. The second kappa shape index (κ2) is 9.96. The molecule has 1 amide bonds. The zero-order valence-electron chi connectivity index (χ0n) is 16.9. The van der Waals surface area contributed by atoms with Gasteiger partial charge in [-0.2, -0.15) is 0 Å². The SMILES string of the molecule is Cc1ccc(S(=O)(=O)N(CC(=O)NC[C@H](O)c2ccccc2)c2cccc(Cl)c2)cc1. The molecular formula is C23H23ClN2O4S. The largest absolute Gasteiger partial charge is 0.387 e. The molecule has 6 nitrogen and oxygen atoms in total. The van der Waals surface area contributed by atoms with Crippen molar-refractivity contribution in [3.63, 3.8) is 0 Å². The van der Waals surface area contributed by atoms with E-state index in [9.17, 15) is 18.3 Å². The van der Waals surface area contributed by atoms with E-state index in [0.717, 1.165) is 9.87 Å². The van der Waals surface area contributed by atoms with Gasteiger partial charge in [0.15, 0.2) is 0 Å². The lowest BCUT2D eigenvalue weighted by atomic mass is 10.1. The zero-order chi connectivity index (χ0) is 22.4. The number of carbonyl (C=O) groups excluding carboxylic acids is 1. The molecule has 0 bridgehead atoms. The predicted molar refractivity (Wildman–Crippen MR) is 122 cm³/mol. The first-order chi connectivity index (χ1) is 14.8. The van der Waals surface area contributed by atoms with Crippen molar-refractivity contribution in [3.8, 4) is 0 Å². The third-order valence-corrected chi connectivity index (χ3v) is 6.69. The van der Waals surface area contributed by atoms with E-state index in [4.69, 9.17) is 11.6 Å². The summed E-state index contributed by atoms with van der Waals surface area (Å²) in [4.78, 5) is 12.7. The van der Waals surface area contributed by atoms with Crippen LogP contribution in [0.1, 0.15) is 17.2 Å². The van der Waals surface area contributed by atoms with Crippen LogP contribution in [-0.2, 0) is 14.8 Å².